The van der Waals surface area contributed by atoms with Crippen molar-refractivity contribution < 1.29 is 0 Å². The van der Waals surface area contributed by atoms with E-state index in [1.165, 1.54) is 25.7 Å². The van der Waals surface area contributed by atoms with Crippen molar-refractivity contribution in [2.24, 2.45) is 4.99 Å². The molecule has 1 aliphatic rings. The molecule has 0 saturated heterocycles. The fourth-order valence-electron chi connectivity index (χ4n) is 1.31. The van der Waals surface area contributed by atoms with Crippen molar-refractivity contribution in [1.82, 2.24) is 4.90 Å². The number of nitrogens with zero attached hydrogens (tertiary/aromatic N) is 2. The van der Waals surface area contributed by atoms with Crippen LogP contribution in [0.4, 0.5) is 0 Å². The van der Waals surface area contributed by atoms with Gasteiger partial charge < -0.3 is 4.90 Å². The van der Waals surface area contributed by atoms with Crippen LogP contribution in [0.2, 0.25) is 0 Å². The minimum absolute atomic E-state index is 0.850. The lowest BCUT2D eigenvalue weighted by Gasteiger charge is -2.19. The van der Waals surface area contributed by atoms with E-state index in [2.05, 4.69) is 23.0 Å². The molecule has 68 valence electrons. The van der Waals surface area contributed by atoms with E-state index >= 15 is 0 Å². The quantitative estimate of drug-likeness (QED) is 0.573. The summed E-state index contributed by atoms with van der Waals surface area (Å²) in [5.74, 6) is 0. The molecule has 0 aromatic carbocycles. The molecule has 0 aliphatic carbocycles. The van der Waals surface area contributed by atoms with E-state index < -0.39 is 0 Å². The lowest BCUT2D eigenvalue weighted by atomic mass is 10.2. The Hall–Kier alpha value is -0.790. The molecule has 2 nitrogen and oxygen atoms in total. The van der Waals surface area contributed by atoms with Crippen LogP contribution in [0.25, 0.3) is 0 Å². The number of hydrogen-bond acceptors (Lipinski definition) is 2. The molecule has 1 rings (SSSR count). The minimum atomic E-state index is 0.850. The van der Waals surface area contributed by atoms with Gasteiger partial charge >= 0.3 is 0 Å². The highest BCUT2D eigenvalue weighted by Gasteiger charge is 1.98. The number of aliphatic imine (C=N–C) groups is 1. The van der Waals surface area contributed by atoms with Gasteiger partial charge in [-0.25, -0.2) is 0 Å². The fourth-order valence-corrected chi connectivity index (χ4v) is 1.31. The second kappa shape index (κ2) is 5.81. The van der Waals surface area contributed by atoms with Gasteiger partial charge in [-0.1, -0.05) is 26.2 Å². The third-order valence-electron chi connectivity index (χ3n) is 2.05. The van der Waals surface area contributed by atoms with Gasteiger partial charge in [0.25, 0.3) is 0 Å². The Morgan fingerprint density at radius 3 is 2.92 bits per heavy atom. The smallest absolute Gasteiger partial charge is 0.109 e. The first kappa shape index (κ1) is 9.30. The van der Waals surface area contributed by atoms with Gasteiger partial charge in [0, 0.05) is 19.0 Å². The van der Waals surface area contributed by atoms with Gasteiger partial charge in [-0.15, -0.1) is 0 Å². The Labute approximate surface area is 75.0 Å². The minimum Gasteiger partial charge on any atom is -0.358 e. The van der Waals surface area contributed by atoms with Crippen LogP contribution < -0.4 is 0 Å². The second-order valence-corrected chi connectivity index (χ2v) is 3.19. The zero-order valence-electron chi connectivity index (χ0n) is 7.87. The van der Waals surface area contributed by atoms with Crippen molar-refractivity contribution in [2.75, 3.05) is 13.2 Å². The normalized spacial score (nSPS) is 15.6. The Morgan fingerprint density at radius 2 is 2.25 bits per heavy atom. The van der Waals surface area contributed by atoms with Crippen molar-refractivity contribution in [3.05, 3.63) is 12.3 Å². The molecular weight excluding hydrogens is 148 g/mol. The summed E-state index contributed by atoms with van der Waals surface area (Å²) in [5, 5.41) is 0. The summed E-state index contributed by atoms with van der Waals surface area (Å²) in [4.78, 5) is 6.43. The molecule has 0 aromatic rings. The standard InChI is InChI=1S/C10H18N2/c1-2-3-4-5-8-12-9-6-7-11-10-12/h6-7,9H,2-5,8,10H2,1H3. The van der Waals surface area contributed by atoms with Crippen LogP contribution in [-0.2, 0) is 0 Å². The lowest BCUT2D eigenvalue weighted by Crippen LogP contribution is -2.20. The highest BCUT2D eigenvalue weighted by molar-refractivity contribution is 5.71. The molecule has 1 aliphatic heterocycles. The Balaban J connectivity index is 2.00. The van der Waals surface area contributed by atoms with E-state index in [4.69, 9.17) is 0 Å². The maximum atomic E-state index is 4.17. The van der Waals surface area contributed by atoms with Gasteiger partial charge in [0.2, 0.25) is 0 Å². The summed E-state index contributed by atoms with van der Waals surface area (Å²) in [5.41, 5.74) is 0. The van der Waals surface area contributed by atoms with Crippen molar-refractivity contribution in [1.29, 1.82) is 0 Å². The maximum absolute atomic E-state index is 4.17. The predicted octanol–water partition coefficient (Wildman–Crippen LogP) is 2.42. The van der Waals surface area contributed by atoms with Crippen molar-refractivity contribution in [3.8, 4) is 0 Å². The van der Waals surface area contributed by atoms with Crippen molar-refractivity contribution in [3.63, 3.8) is 0 Å². The fraction of sp³-hybridized carbons (Fsp3) is 0.700. The van der Waals surface area contributed by atoms with E-state index in [0.29, 0.717) is 0 Å². The van der Waals surface area contributed by atoms with Crippen molar-refractivity contribution >= 4 is 6.21 Å². The first-order valence-corrected chi connectivity index (χ1v) is 4.84. The van der Waals surface area contributed by atoms with Crippen LogP contribution >= 0.6 is 0 Å². The highest BCUT2D eigenvalue weighted by atomic mass is 15.2. The van der Waals surface area contributed by atoms with E-state index in [1.54, 1.807) is 0 Å². The topological polar surface area (TPSA) is 15.6 Å². The van der Waals surface area contributed by atoms with Gasteiger partial charge in [0.1, 0.15) is 6.67 Å². The molecule has 0 saturated carbocycles. The third kappa shape index (κ3) is 3.56. The molecule has 0 fully saturated rings. The highest BCUT2D eigenvalue weighted by Crippen LogP contribution is 2.03. The Bertz CT molecular complexity index is 161. The van der Waals surface area contributed by atoms with Crippen molar-refractivity contribution in [2.45, 2.75) is 32.6 Å². The van der Waals surface area contributed by atoms with Crippen LogP contribution in [0.1, 0.15) is 32.6 Å². The van der Waals surface area contributed by atoms with E-state index in [9.17, 15) is 0 Å². The SMILES string of the molecule is CCCCCCN1C=CC=NC1. The van der Waals surface area contributed by atoms with Gasteiger partial charge in [-0.2, -0.15) is 0 Å². The average molecular weight is 166 g/mol. The molecule has 0 aromatic heterocycles. The summed E-state index contributed by atoms with van der Waals surface area (Å²) in [6.45, 7) is 4.25. The maximum Gasteiger partial charge on any atom is 0.109 e. The number of allylic oxidation sites excluding steroid dienone is 1. The summed E-state index contributed by atoms with van der Waals surface area (Å²) in [6.07, 6.45) is 11.3. The monoisotopic (exact) mass is 166 g/mol. The molecule has 0 amide bonds. The molecule has 0 radical (unpaired) electrons. The molecule has 2 heteroatoms. The van der Waals surface area contributed by atoms with Gasteiger partial charge in [0.05, 0.1) is 0 Å². The average Bonchev–Trinajstić information content (AvgIpc) is 2.14. The Kier molecular flexibility index (Phi) is 4.50. The Morgan fingerprint density at radius 1 is 1.33 bits per heavy atom. The van der Waals surface area contributed by atoms with Crippen LogP contribution in [0, 0.1) is 0 Å². The van der Waals surface area contributed by atoms with Gasteiger partial charge in [0.15, 0.2) is 0 Å². The van der Waals surface area contributed by atoms with E-state index in [0.717, 1.165) is 13.2 Å². The second-order valence-electron chi connectivity index (χ2n) is 3.19. The first-order chi connectivity index (χ1) is 5.93. The van der Waals surface area contributed by atoms with Crippen LogP contribution in [-0.4, -0.2) is 24.3 Å². The van der Waals surface area contributed by atoms with Crippen LogP contribution in [0.5, 0.6) is 0 Å². The molecule has 0 atom stereocenters. The van der Waals surface area contributed by atoms with E-state index in [1.807, 2.05) is 12.3 Å². The molecule has 0 N–H and O–H groups in total. The number of rotatable bonds is 5. The summed E-state index contributed by atoms with van der Waals surface area (Å²) in [7, 11) is 0. The van der Waals surface area contributed by atoms with E-state index in [-0.39, 0.29) is 0 Å². The largest absolute Gasteiger partial charge is 0.358 e. The summed E-state index contributed by atoms with van der Waals surface area (Å²) < 4.78 is 0. The summed E-state index contributed by atoms with van der Waals surface area (Å²) in [6, 6.07) is 0. The molecule has 0 bridgehead atoms. The third-order valence-corrected chi connectivity index (χ3v) is 2.05. The molecule has 0 spiro atoms. The summed E-state index contributed by atoms with van der Waals surface area (Å²) >= 11 is 0. The lowest BCUT2D eigenvalue weighted by molar-refractivity contribution is 0.371. The number of hydrogen-bond donors (Lipinski definition) is 0. The first-order valence-electron chi connectivity index (χ1n) is 4.84. The number of unbranched alkanes of at least 4 members (excludes halogenated alkanes) is 3. The van der Waals surface area contributed by atoms with Crippen LogP contribution in [0.15, 0.2) is 17.3 Å². The zero-order chi connectivity index (χ0) is 8.65. The molecule has 12 heavy (non-hydrogen) atoms. The zero-order valence-corrected chi connectivity index (χ0v) is 7.87. The van der Waals surface area contributed by atoms with Crippen LogP contribution in [0.3, 0.4) is 0 Å². The van der Waals surface area contributed by atoms with Gasteiger partial charge in [-0.05, 0) is 12.5 Å². The predicted molar refractivity (Wildman–Crippen MR) is 53.3 cm³/mol. The molecule has 0 unspecified atom stereocenters. The molecular formula is C10H18N2. The molecule has 1 heterocycles. The van der Waals surface area contributed by atoms with Gasteiger partial charge in [-0.3, -0.25) is 4.99 Å².